The highest BCUT2D eigenvalue weighted by atomic mass is 16.3. The Hall–Kier alpha value is -6.39. The molecule has 3 heterocycles. The van der Waals surface area contributed by atoms with Crippen LogP contribution >= 0.6 is 0 Å². The Bertz CT molecular complexity index is 3220. The number of rotatable bonds is 6. The molecule has 0 fully saturated rings. The van der Waals surface area contributed by atoms with E-state index in [1.165, 1.54) is 55.8 Å². The molecule has 59 heavy (non-hydrogen) atoms. The van der Waals surface area contributed by atoms with Crippen molar-refractivity contribution in [2.24, 2.45) is 0 Å². The number of para-hydroxylation sites is 4. The van der Waals surface area contributed by atoms with E-state index in [1.807, 2.05) is 12.1 Å². The summed E-state index contributed by atoms with van der Waals surface area (Å²) in [5.74, 6) is 1.36. The van der Waals surface area contributed by atoms with E-state index in [0.29, 0.717) is 0 Å². The Balaban J connectivity index is 1.15. The molecule has 0 bridgehead atoms. The maximum absolute atomic E-state index is 6.87. The molecular formula is C55H50N2O2. The van der Waals surface area contributed by atoms with Gasteiger partial charge in [-0.05, 0) is 130 Å². The molecule has 0 radical (unpaired) electrons. The topological polar surface area (TPSA) is 44.1 Å². The number of imidazole rings is 1. The summed E-state index contributed by atoms with van der Waals surface area (Å²) >= 11 is 0. The summed E-state index contributed by atoms with van der Waals surface area (Å²) in [5, 5.41) is 4.22. The van der Waals surface area contributed by atoms with E-state index in [2.05, 4.69) is 182 Å². The van der Waals surface area contributed by atoms with Crippen molar-refractivity contribution in [3.8, 4) is 39.3 Å². The molecular weight excluding hydrogens is 721 g/mol. The highest BCUT2D eigenvalue weighted by Crippen LogP contribution is 2.44. The SMILES string of the molecule is Cc1cc(C(C)(C)C)cc(C)c1-c1ccc(-c2cc(C(C)C)c(-n3c(-c4cccc5c4oc4cc6c(cc45)oc4ccccc46)nc4ccccc43)c(C(C)C)c2)cc1. The quantitative estimate of drug-likeness (QED) is 0.169. The van der Waals surface area contributed by atoms with E-state index < -0.39 is 0 Å². The fourth-order valence-electron chi connectivity index (χ4n) is 9.29. The highest BCUT2D eigenvalue weighted by Gasteiger charge is 2.26. The minimum Gasteiger partial charge on any atom is -0.456 e. The van der Waals surface area contributed by atoms with Crippen LogP contribution in [0.25, 0.3) is 94.2 Å². The van der Waals surface area contributed by atoms with Gasteiger partial charge >= 0.3 is 0 Å². The van der Waals surface area contributed by atoms with Gasteiger partial charge in [0.05, 0.1) is 22.3 Å². The van der Waals surface area contributed by atoms with Crippen LogP contribution in [0.5, 0.6) is 0 Å². The smallest absolute Gasteiger partial charge is 0.149 e. The number of hydrogen-bond donors (Lipinski definition) is 0. The van der Waals surface area contributed by atoms with Gasteiger partial charge in [0, 0.05) is 21.5 Å². The van der Waals surface area contributed by atoms with E-state index in [9.17, 15) is 0 Å². The first-order valence-electron chi connectivity index (χ1n) is 21.0. The number of fused-ring (bicyclic) bond motifs is 7. The van der Waals surface area contributed by atoms with Gasteiger partial charge in [-0.3, -0.25) is 4.57 Å². The Kier molecular flexibility index (Phi) is 8.51. The van der Waals surface area contributed by atoms with Crippen LogP contribution in [0.15, 0.2) is 136 Å². The zero-order valence-corrected chi connectivity index (χ0v) is 35.5. The summed E-state index contributed by atoms with van der Waals surface area (Å²) in [6, 6.07) is 46.1. The molecule has 0 aliphatic carbocycles. The van der Waals surface area contributed by atoms with Crippen LogP contribution in [-0.2, 0) is 5.41 Å². The molecule has 0 unspecified atom stereocenters. The van der Waals surface area contributed by atoms with E-state index >= 15 is 0 Å². The van der Waals surface area contributed by atoms with Crippen molar-refractivity contribution in [1.29, 1.82) is 0 Å². The molecule has 0 saturated heterocycles. The molecule has 10 aromatic rings. The second-order valence-electron chi connectivity index (χ2n) is 18.1. The third-order valence-electron chi connectivity index (χ3n) is 12.3. The average molecular weight is 771 g/mol. The van der Waals surface area contributed by atoms with Crippen LogP contribution in [0.1, 0.15) is 88.1 Å². The van der Waals surface area contributed by atoms with Crippen LogP contribution < -0.4 is 0 Å². The van der Waals surface area contributed by atoms with E-state index in [1.54, 1.807) is 0 Å². The lowest BCUT2D eigenvalue weighted by Gasteiger charge is -2.24. The number of aryl methyl sites for hydroxylation is 2. The summed E-state index contributed by atoms with van der Waals surface area (Å²) < 4.78 is 15.6. The molecule has 0 atom stereocenters. The maximum Gasteiger partial charge on any atom is 0.149 e. The molecule has 4 nitrogen and oxygen atoms in total. The third kappa shape index (κ3) is 5.99. The summed E-state index contributed by atoms with van der Waals surface area (Å²) in [7, 11) is 0. The van der Waals surface area contributed by atoms with Crippen LogP contribution in [0.4, 0.5) is 0 Å². The summed E-state index contributed by atoms with van der Waals surface area (Å²) in [6.45, 7) is 20.6. The zero-order chi connectivity index (χ0) is 40.9. The second kappa shape index (κ2) is 13.6. The van der Waals surface area contributed by atoms with Crippen molar-refractivity contribution in [3.63, 3.8) is 0 Å². The van der Waals surface area contributed by atoms with Crippen LogP contribution in [0, 0.1) is 13.8 Å². The Morgan fingerprint density at radius 1 is 0.542 bits per heavy atom. The molecule has 0 aliphatic heterocycles. The first-order valence-corrected chi connectivity index (χ1v) is 21.0. The van der Waals surface area contributed by atoms with Gasteiger partial charge in [0.2, 0.25) is 0 Å². The Labute approximate surface area is 346 Å². The lowest BCUT2D eigenvalue weighted by molar-refractivity contribution is 0.589. The minimum absolute atomic E-state index is 0.112. The third-order valence-corrected chi connectivity index (χ3v) is 12.3. The largest absolute Gasteiger partial charge is 0.456 e. The van der Waals surface area contributed by atoms with Crippen molar-refractivity contribution in [2.75, 3.05) is 0 Å². The summed E-state index contributed by atoms with van der Waals surface area (Å²) in [4.78, 5) is 5.40. The monoisotopic (exact) mass is 770 g/mol. The molecule has 0 amide bonds. The number of furan rings is 2. The molecule has 10 rings (SSSR count). The highest BCUT2D eigenvalue weighted by molar-refractivity contribution is 6.16. The Morgan fingerprint density at radius 2 is 1.14 bits per heavy atom. The fourth-order valence-corrected chi connectivity index (χ4v) is 9.29. The van der Waals surface area contributed by atoms with Crippen LogP contribution in [0.3, 0.4) is 0 Å². The standard InChI is InChI=1S/C55H50N2O2/c1-31(2)42-27-37(35-21-23-36(24-22-35)51-33(5)25-38(26-34(51)6)55(7,8)9)28-43(32(3)4)52(42)57-47-19-12-11-18-46(47)56-54(57)41-17-14-16-40-45-30-49-44(29-50(45)59-53(40)41)39-15-10-13-20-48(39)58-49/h10-32H,1-9H3. The molecule has 4 heteroatoms. The van der Waals surface area contributed by atoms with Gasteiger partial charge in [-0.25, -0.2) is 4.98 Å². The van der Waals surface area contributed by atoms with Crippen molar-refractivity contribution < 1.29 is 8.83 Å². The van der Waals surface area contributed by atoms with Crippen molar-refractivity contribution in [1.82, 2.24) is 9.55 Å². The molecule has 0 N–H and O–H groups in total. The van der Waals surface area contributed by atoms with Gasteiger partial charge in [-0.1, -0.05) is 127 Å². The van der Waals surface area contributed by atoms with Gasteiger partial charge in [-0.2, -0.15) is 0 Å². The first-order chi connectivity index (χ1) is 28.4. The number of aromatic nitrogens is 2. The zero-order valence-electron chi connectivity index (χ0n) is 35.5. The Morgan fingerprint density at radius 3 is 1.81 bits per heavy atom. The second-order valence-corrected chi connectivity index (χ2v) is 18.1. The van der Waals surface area contributed by atoms with Crippen molar-refractivity contribution in [2.45, 2.75) is 79.6 Å². The van der Waals surface area contributed by atoms with Gasteiger partial charge in [0.25, 0.3) is 0 Å². The molecule has 292 valence electrons. The lowest BCUT2D eigenvalue weighted by atomic mass is 9.82. The van der Waals surface area contributed by atoms with E-state index in [0.717, 1.165) is 66.3 Å². The van der Waals surface area contributed by atoms with Crippen molar-refractivity contribution in [3.05, 3.63) is 155 Å². The normalized spacial score (nSPS) is 12.5. The molecule has 0 saturated carbocycles. The van der Waals surface area contributed by atoms with Gasteiger partial charge in [0.1, 0.15) is 28.2 Å². The molecule has 0 spiro atoms. The fraction of sp³-hybridized carbons (Fsp3) is 0.218. The predicted molar refractivity (Wildman–Crippen MR) is 248 cm³/mol. The van der Waals surface area contributed by atoms with Crippen LogP contribution in [0.2, 0.25) is 0 Å². The van der Waals surface area contributed by atoms with Crippen molar-refractivity contribution >= 4 is 54.9 Å². The van der Waals surface area contributed by atoms with E-state index in [-0.39, 0.29) is 17.3 Å². The first kappa shape index (κ1) is 36.9. The number of hydrogen-bond acceptors (Lipinski definition) is 3. The summed E-state index contributed by atoms with van der Waals surface area (Å²) in [6.07, 6.45) is 0. The van der Waals surface area contributed by atoms with Gasteiger partial charge in [0.15, 0.2) is 0 Å². The summed E-state index contributed by atoms with van der Waals surface area (Å²) in [5.41, 5.74) is 19.3. The average Bonchev–Trinajstić information content (AvgIpc) is 3.90. The number of benzene rings is 7. The molecule has 0 aliphatic rings. The molecule has 7 aromatic carbocycles. The van der Waals surface area contributed by atoms with Gasteiger partial charge < -0.3 is 8.83 Å². The number of nitrogens with zero attached hydrogens (tertiary/aromatic N) is 2. The lowest BCUT2D eigenvalue weighted by Crippen LogP contribution is -2.12. The van der Waals surface area contributed by atoms with E-state index in [4.69, 9.17) is 13.8 Å². The molecule has 3 aromatic heterocycles. The van der Waals surface area contributed by atoms with Crippen LogP contribution in [-0.4, -0.2) is 9.55 Å². The predicted octanol–water partition coefficient (Wildman–Crippen LogP) is 16.0. The maximum atomic E-state index is 6.87. The minimum atomic E-state index is 0.112. The van der Waals surface area contributed by atoms with Gasteiger partial charge in [-0.15, -0.1) is 0 Å².